The lowest BCUT2D eigenvalue weighted by Gasteiger charge is -2.10. The van der Waals surface area contributed by atoms with Gasteiger partial charge in [-0.25, -0.2) is 8.42 Å². The molecule has 3 aromatic carbocycles. The third-order valence-corrected chi connectivity index (χ3v) is 5.97. The molecule has 29 heavy (non-hydrogen) atoms. The number of phenols is 1. The van der Waals surface area contributed by atoms with Crippen LogP contribution >= 0.6 is 0 Å². The Morgan fingerprint density at radius 2 is 1.79 bits per heavy atom. The van der Waals surface area contributed by atoms with Crippen molar-refractivity contribution < 1.29 is 18.3 Å². The van der Waals surface area contributed by atoms with E-state index in [0.29, 0.717) is 22.5 Å². The lowest BCUT2D eigenvalue weighted by atomic mass is 10.0. The first kappa shape index (κ1) is 18.8. The fourth-order valence-corrected chi connectivity index (χ4v) is 4.24. The van der Waals surface area contributed by atoms with Crippen LogP contribution in [0.25, 0.3) is 11.6 Å². The van der Waals surface area contributed by atoms with Crippen LogP contribution in [0.3, 0.4) is 0 Å². The Bertz CT molecular complexity index is 1260. The second kappa shape index (κ2) is 7.10. The van der Waals surface area contributed by atoms with E-state index in [1.807, 2.05) is 13.0 Å². The molecule has 146 valence electrons. The second-order valence-corrected chi connectivity index (χ2v) is 8.44. The molecular weight excluding hydrogens is 388 g/mol. The maximum absolute atomic E-state index is 12.8. The maximum Gasteiger partial charge on any atom is 0.261 e. The first-order chi connectivity index (χ1) is 13.8. The van der Waals surface area contributed by atoms with Crippen molar-refractivity contribution in [3.63, 3.8) is 0 Å². The Morgan fingerprint density at radius 1 is 1.00 bits per heavy atom. The summed E-state index contributed by atoms with van der Waals surface area (Å²) in [6.45, 7) is 1.88. The molecule has 0 spiro atoms. The molecule has 3 aromatic rings. The molecule has 1 aliphatic rings. The molecule has 3 N–H and O–H groups in total. The third-order valence-electron chi connectivity index (χ3n) is 4.59. The van der Waals surface area contributed by atoms with Crippen molar-refractivity contribution in [2.45, 2.75) is 11.8 Å². The summed E-state index contributed by atoms with van der Waals surface area (Å²) in [6, 6.07) is 18.1. The zero-order valence-electron chi connectivity index (χ0n) is 15.5. The number of phenolic OH excluding ortho intramolecular Hbond substituents is 1. The van der Waals surface area contributed by atoms with Gasteiger partial charge in [0.2, 0.25) is 0 Å². The molecule has 0 aliphatic carbocycles. The van der Waals surface area contributed by atoms with E-state index in [0.717, 1.165) is 5.56 Å². The van der Waals surface area contributed by atoms with Crippen molar-refractivity contribution in [1.29, 1.82) is 0 Å². The minimum Gasteiger partial charge on any atom is -0.507 e. The number of fused-ring (bicyclic) bond motifs is 1. The highest BCUT2D eigenvalue weighted by molar-refractivity contribution is 7.92. The Labute approximate surface area is 168 Å². The molecule has 0 atom stereocenters. The molecule has 0 bridgehead atoms. The van der Waals surface area contributed by atoms with E-state index >= 15 is 0 Å². The Morgan fingerprint density at radius 3 is 2.55 bits per heavy atom. The van der Waals surface area contributed by atoms with Crippen molar-refractivity contribution in [2.75, 3.05) is 10.0 Å². The van der Waals surface area contributed by atoms with E-state index in [9.17, 15) is 18.3 Å². The first-order valence-electron chi connectivity index (χ1n) is 8.88. The summed E-state index contributed by atoms with van der Waals surface area (Å²) in [4.78, 5) is 12.4. The van der Waals surface area contributed by atoms with Gasteiger partial charge in [0.15, 0.2) is 0 Å². The fourth-order valence-electron chi connectivity index (χ4n) is 3.17. The lowest BCUT2D eigenvalue weighted by Crippen LogP contribution is -2.13. The number of amides is 1. The number of carbonyl (C=O) groups is 1. The number of aromatic hydroxyl groups is 1. The molecule has 6 nitrogen and oxygen atoms in total. The number of anilines is 2. The predicted molar refractivity (Wildman–Crippen MR) is 113 cm³/mol. The SMILES string of the molecule is Cc1cccc(NS(=O)(=O)c2ccc3c(c2)/C(=C\c2ccccc2O)C(=O)N3)c1. The molecule has 0 fully saturated rings. The van der Waals surface area contributed by atoms with Crippen LogP contribution in [0.1, 0.15) is 16.7 Å². The van der Waals surface area contributed by atoms with Crippen molar-refractivity contribution >= 4 is 39.0 Å². The summed E-state index contributed by atoms with van der Waals surface area (Å²) in [6.07, 6.45) is 1.54. The molecule has 1 heterocycles. The van der Waals surface area contributed by atoms with Gasteiger partial charge < -0.3 is 10.4 Å². The number of carbonyl (C=O) groups excluding carboxylic acids is 1. The van der Waals surface area contributed by atoms with Crippen molar-refractivity contribution in [1.82, 2.24) is 0 Å². The quantitative estimate of drug-likeness (QED) is 0.571. The van der Waals surface area contributed by atoms with E-state index < -0.39 is 10.0 Å². The zero-order chi connectivity index (χ0) is 20.6. The van der Waals surface area contributed by atoms with Gasteiger partial charge in [-0.2, -0.15) is 0 Å². The molecule has 0 aromatic heterocycles. The monoisotopic (exact) mass is 406 g/mol. The second-order valence-electron chi connectivity index (χ2n) is 6.75. The Kier molecular flexibility index (Phi) is 4.60. The van der Waals surface area contributed by atoms with Gasteiger partial charge in [-0.1, -0.05) is 30.3 Å². The maximum atomic E-state index is 12.8. The number of benzene rings is 3. The summed E-state index contributed by atoms with van der Waals surface area (Å²) >= 11 is 0. The van der Waals surface area contributed by atoms with Crippen molar-refractivity contribution in [2.24, 2.45) is 0 Å². The third kappa shape index (κ3) is 3.72. The van der Waals surface area contributed by atoms with E-state index in [1.54, 1.807) is 48.5 Å². The minimum absolute atomic E-state index is 0.0335. The van der Waals surface area contributed by atoms with E-state index in [-0.39, 0.29) is 22.1 Å². The topological polar surface area (TPSA) is 95.5 Å². The minimum atomic E-state index is -3.84. The standard InChI is InChI=1S/C22H18N2O4S/c1-14-5-4-7-16(11-14)24-29(27,28)17-9-10-20-18(13-17)19(22(26)23-20)12-15-6-2-3-8-21(15)25/h2-13,24-25H,1H3,(H,23,26)/b19-12+. The number of para-hydroxylation sites is 1. The highest BCUT2D eigenvalue weighted by Crippen LogP contribution is 2.36. The molecular formula is C22H18N2O4S. The fraction of sp³-hybridized carbons (Fsp3) is 0.0455. The predicted octanol–water partition coefficient (Wildman–Crippen LogP) is 3.99. The average molecular weight is 406 g/mol. The van der Waals surface area contributed by atoms with E-state index in [2.05, 4.69) is 10.0 Å². The van der Waals surface area contributed by atoms with Crippen LogP contribution in [0.5, 0.6) is 5.75 Å². The van der Waals surface area contributed by atoms with E-state index in [1.165, 1.54) is 18.2 Å². The number of hydrogen-bond acceptors (Lipinski definition) is 4. The number of nitrogens with one attached hydrogen (secondary N) is 2. The highest BCUT2D eigenvalue weighted by Gasteiger charge is 2.27. The largest absolute Gasteiger partial charge is 0.507 e. The van der Waals surface area contributed by atoms with E-state index in [4.69, 9.17) is 0 Å². The van der Waals surface area contributed by atoms with Crippen LogP contribution in [-0.2, 0) is 14.8 Å². The molecule has 1 amide bonds. The van der Waals surface area contributed by atoms with Gasteiger partial charge in [0, 0.05) is 28.1 Å². The molecule has 0 unspecified atom stereocenters. The number of sulfonamides is 1. The summed E-state index contributed by atoms with van der Waals surface area (Å²) in [7, 11) is -3.84. The molecule has 4 rings (SSSR count). The van der Waals surface area contributed by atoms with Crippen LogP contribution in [0, 0.1) is 6.92 Å². The van der Waals surface area contributed by atoms with Crippen LogP contribution in [0.4, 0.5) is 11.4 Å². The summed E-state index contributed by atoms with van der Waals surface area (Å²) in [5.41, 5.74) is 3.13. The summed E-state index contributed by atoms with van der Waals surface area (Å²) in [5, 5.41) is 12.7. The van der Waals surface area contributed by atoms with Crippen molar-refractivity contribution in [3.05, 3.63) is 83.4 Å². The molecule has 7 heteroatoms. The smallest absolute Gasteiger partial charge is 0.261 e. The molecule has 0 radical (unpaired) electrons. The van der Waals surface area contributed by atoms with Gasteiger partial charge in [-0.15, -0.1) is 0 Å². The van der Waals surface area contributed by atoms with Gasteiger partial charge in [-0.05, 0) is 55.0 Å². The van der Waals surface area contributed by atoms with Crippen LogP contribution in [0.15, 0.2) is 71.6 Å². The normalized spacial score (nSPS) is 14.5. The number of hydrogen-bond donors (Lipinski definition) is 3. The van der Waals surface area contributed by atoms with Gasteiger partial charge in [0.05, 0.1) is 4.90 Å². The molecule has 0 saturated heterocycles. The zero-order valence-corrected chi connectivity index (χ0v) is 16.3. The van der Waals surface area contributed by atoms with Gasteiger partial charge >= 0.3 is 0 Å². The number of rotatable bonds is 4. The lowest BCUT2D eigenvalue weighted by molar-refractivity contribution is -0.110. The Hall–Kier alpha value is -3.58. The van der Waals surface area contributed by atoms with Crippen LogP contribution < -0.4 is 10.0 Å². The van der Waals surface area contributed by atoms with Crippen LogP contribution in [-0.4, -0.2) is 19.4 Å². The van der Waals surface area contributed by atoms with Gasteiger partial charge in [0.25, 0.3) is 15.9 Å². The first-order valence-corrected chi connectivity index (χ1v) is 10.4. The average Bonchev–Trinajstić information content (AvgIpc) is 2.98. The van der Waals surface area contributed by atoms with Gasteiger partial charge in [0.1, 0.15) is 5.75 Å². The highest BCUT2D eigenvalue weighted by atomic mass is 32.2. The molecule has 1 aliphatic heterocycles. The van der Waals surface area contributed by atoms with Crippen LogP contribution in [0.2, 0.25) is 0 Å². The molecule has 0 saturated carbocycles. The van der Waals surface area contributed by atoms with Crippen molar-refractivity contribution in [3.8, 4) is 5.75 Å². The number of aryl methyl sites for hydroxylation is 1. The Balaban J connectivity index is 1.74. The summed E-state index contributed by atoms with van der Waals surface area (Å²) in [5.74, 6) is -0.324. The van der Waals surface area contributed by atoms with Gasteiger partial charge in [-0.3, -0.25) is 9.52 Å². The summed E-state index contributed by atoms with van der Waals surface area (Å²) < 4.78 is 28.2.